The number of azide groups is 1. The third-order valence-electron chi connectivity index (χ3n) is 1.95. The highest BCUT2D eigenvalue weighted by molar-refractivity contribution is 14.1. The second kappa shape index (κ2) is 6.68. The van der Waals surface area contributed by atoms with Gasteiger partial charge in [0.2, 0.25) is 0 Å². The van der Waals surface area contributed by atoms with Crippen molar-refractivity contribution in [3.63, 3.8) is 0 Å². The summed E-state index contributed by atoms with van der Waals surface area (Å²) in [5.41, 5.74) is 9.42. The molecular weight excluding hydrogens is 289 g/mol. The molecule has 0 bridgehead atoms. The van der Waals surface area contributed by atoms with Crippen LogP contribution in [0.3, 0.4) is 0 Å². The Balaban J connectivity index is 2.24. The van der Waals surface area contributed by atoms with Gasteiger partial charge in [-0.15, -0.1) is 0 Å². The maximum atomic E-state index is 8.07. The van der Waals surface area contributed by atoms with Crippen LogP contribution in [0.4, 0.5) is 0 Å². The van der Waals surface area contributed by atoms with Crippen LogP contribution < -0.4 is 0 Å². The van der Waals surface area contributed by atoms with Crippen molar-refractivity contribution < 1.29 is 0 Å². The van der Waals surface area contributed by atoms with Gasteiger partial charge in [0.05, 0.1) is 0 Å². The summed E-state index contributed by atoms with van der Waals surface area (Å²) in [4.78, 5) is 2.72. The van der Waals surface area contributed by atoms with Gasteiger partial charge in [-0.05, 0) is 65.1 Å². The van der Waals surface area contributed by atoms with Crippen LogP contribution in [0.15, 0.2) is 29.4 Å². The van der Waals surface area contributed by atoms with Crippen LogP contribution in [0.5, 0.6) is 0 Å². The minimum absolute atomic E-state index is 0.612. The normalized spacial score (nSPS) is 9.50. The van der Waals surface area contributed by atoms with Gasteiger partial charge in [0.1, 0.15) is 0 Å². The lowest BCUT2D eigenvalue weighted by Gasteiger charge is -1.99. The molecule has 0 aliphatic carbocycles. The van der Waals surface area contributed by atoms with Crippen molar-refractivity contribution in [1.29, 1.82) is 0 Å². The molecule has 0 amide bonds. The Bertz CT molecular complexity index is 315. The largest absolute Gasteiger partial charge is 0.0940 e. The zero-order valence-electron chi connectivity index (χ0n) is 7.86. The highest BCUT2D eigenvalue weighted by Crippen LogP contribution is 2.09. The van der Waals surface area contributed by atoms with Crippen molar-refractivity contribution in [2.24, 2.45) is 5.11 Å². The van der Waals surface area contributed by atoms with Crippen LogP contribution in [-0.4, -0.2) is 6.54 Å². The van der Waals surface area contributed by atoms with Gasteiger partial charge in [-0.2, -0.15) is 0 Å². The number of hydrogen-bond donors (Lipinski definition) is 0. The quantitative estimate of drug-likeness (QED) is 0.260. The third-order valence-corrected chi connectivity index (χ3v) is 2.67. The van der Waals surface area contributed by atoms with Crippen molar-refractivity contribution >= 4 is 22.6 Å². The van der Waals surface area contributed by atoms with Crippen LogP contribution in [0.1, 0.15) is 18.4 Å². The molecule has 0 spiro atoms. The standard InChI is InChI=1S/C10H12IN3/c11-10-6-4-9(5-7-10)3-1-2-8-13-14-12/h4-7H,1-3,8H2. The van der Waals surface area contributed by atoms with E-state index in [1.165, 1.54) is 9.13 Å². The second-order valence-corrected chi connectivity index (χ2v) is 4.28. The summed E-state index contributed by atoms with van der Waals surface area (Å²) in [6.07, 6.45) is 3.12. The van der Waals surface area contributed by atoms with Gasteiger partial charge >= 0.3 is 0 Å². The fourth-order valence-electron chi connectivity index (χ4n) is 1.21. The molecule has 0 unspecified atom stereocenters. The van der Waals surface area contributed by atoms with Crippen LogP contribution in [0, 0.1) is 3.57 Å². The Morgan fingerprint density at radius 1 is 1.21 bits per heavy atom. The molecular formula is C10H12IN3. The minimum Gasteiger partial charge on any atom is -0.0940 e. The second-order valence-electron chi connectivity index (χ2n) is 3.04. The first-order valence-electron chi connectivity index (χ1n) is 4.58. The first-order chi connectivity index (χ1) is 6.83. The molecule has 74 valence electrons. The predicted octanol–water partition coefficient (Wildman–Crippen LogP) is 3.92. The van der Waals surface area contributed by atoms with Crippen molar-refractivity contribution in [3.05, 3.63) is 43.8 Å². The van der Waals surface area contributed by atoms with Crippen molar-refractivity contribution in [1.82, 2.24) is 0 Å². The Morgan fingerprint density at radius 3 is 2.57 bits per heavy atom. The van der Waals surface area contributed by atoms with Crippen molar-refractivity contribution in [3.8, 4) is 0 Å². The van der Waals surface area contributed by atoms with Crippen LogP contribution in [0.2, 0.25) is 0 Å². The summed E-state index contributed by atoms with van der Waals surface area (Å²) in [5, 5.41) is 3.50. The summed E-state index contributed by atoms with van der Waals surface area (Å²) >= 11 is 2.30. The van der Waals surface area contributed by atoms with Crippen molar-refractivity contribution in [2.45, 2.75) is 19.3 Å². The molecule has 0 saturated heterocycles. The van der Waals surface area contributed by atoms with Crippen molar-refractivity contribution in [2.75, 3.05) is 6.54 Å². The Morgan fingerprint density at radius 2 is 1.93 bits per heavy atom. The zero-order chi connectivity index (χ0) is 10.2. The smallest absolute Gasteiger partial charge is 0.0258 e. The Hall–Kier alpha value is -0.740. The first-order valence-corrected chi connectivity index (χ1v) is 5.66. The number of nitrogens with zero attached hydrogens (tertiary/aromatic N) is 3. The number of unbranched alkanes of at least 4 members (excludes halogenated alkanes) is 1. The maximum Gasteiger partial charge on any atom is 0.0258 e. The average molecular weight is 301 g/mol. The molecule has 0 atom stereocenters. The van der Waals surface area contributed by atoms with E-state index < -0.39 is 0 Å². The summed E-state index contributed by atoms with van der Waals surface area (Å²) in [5.74, 6) is 0. The number of hydrogen-bond acceptors (Lipinski definition) is 1. The van der Waals surface area contributed by atoms with Gasteiger partial charge in [-0.1, -0.05) is 17.2 Å². The first kappa shape index (κ1) is 11.3. The Kier molecular flexibility index (Phi) is 5.40. The van der Waals surface area contributed by atoms with E-state index in [0.29, 0.717) is 6.54 Å². The zero-order valence-corrected chi connectivity index (χ0v) is 10.0. The molecule has 1 aromatic rings. The molecule has 0 heterocycles. The summed E-state index contributed by atoms with van der Waals surface area (Å²) < 4.78 is 1.26. The number of rotatable bonds is 5. The molecule has 0 aromatic heterocycles. The molecule has 0 aliphatic rings. The monoisotopic (exact) mass is 301 g/mol. The van der Waals surface area contributed by atoms with E-state index >= 15 is 0 Å². The number of aryl methyl sites for hydroxylation is 1. The van der Waals surface area contributed by atoms with Gasteiger partial charge in [-0.25, -0.2) is 0 Å². The van der Waals surface area contributed by atoms with Crippen LogP contribution in [-0.2, 0) is 6.42 Å². The Labute approximate surface area is 97.3 Å². The average Bonchev–Trinajstić information content (AvgIpc) is 2.21. The molecule has 4 heteroatoms. The van der Waals surface area contributed by atoms with Gasteiger partial charge < -0.3 is 0 Å². The highest BCUT2D eigenvalue weighted by atomic mass is 127. The molecule has 0 saturated carbocycles. The lowest BCUT2D eigenvalue weighted by atomic mass is 10.1. The lowest BCUT2D eigenvalue weighted by Crippen LogP contribution is -1.87. The molecule has 0 N–H and O–H groups in total. The summed E-state index contributed by atoms with van der Waals surface area (Å²) in [6.45, 7) is 0.612. The van der Waals surface area contributed by atoms with E-state index in [9.17, 15) is 0 Å². The topological polar surface area (TPSA) is 48.8 Å². The van der Waals surface area contributed by atoms with E-state index in [1.54, 1.807) is 0 Å². The molecule has 3 nitrogen and oxygen atoms in total. The van der Waals surface area contributed by atoms with E-state index in [0.717, 1.165) is 19.3 Å². The predicted molar refractivity (Wildman–Crippen MR) is 66.1 cm³/mol. The van der Waals surface area contributed by atoms with E-state index in [1.807, 2.05) is 0 Å². The van der Waals surface area contributed by atoms with Crippen LogP contribution in [0.25, 0.3) is 10.4 Å². The molecule has 14 heavy (non-hydrogen) atoms. The minimum atomic E-state index is 0.612. The SMILES string of the molecule is [N-]=[N+]=NCCCCc1ccc(I)cc1. The fraction of sp³-hybridized carbons (Fsp3) is 0.400. The highest BCUT2D eigenvalue weighted by Gasteiger charge is 1.92. The van der Waals surface area contributed by atoms with E-state index in [-0.39, 0.29) is 0 Å². The van der Waals surface area contributed by atoms with Gasteiger partial charge in [0.15, 0.2) is 0 Å². The molecule has 0 aliphatic heterocycles. The van der Waals surface area contributed by atoms with Gasteiger partial charge in [0, 0.05) is 15.0 Å². The summed E-state index contributed by atoms with van der Waals surface area (Å²) in [6, 6.07) is 8.53. The summed E-state index contributed by atoms with van der Waals surface area (Å²) in [7, 11) is 0. The van der Waals surface area contributed by atoms with Gasteiger partial charge in [-0.3, -0.25) is 0 Å². The lowest BCUT2D eigenvalue weighted by molar-refractivity contribution is 0.742. The van der Waals surface area contributed by atoms with E-state index in [2.05, 4.69) is 56.9 Å². The molecule has 0 radical (unpaired) electrons. The fourth-order valence-corrected chi connectivity index (χ4v) is 1.57. The van der Waals surface area contributed by atoms with Gasteiger partial charge in [0.25, 0.3) is 0 Å². The van der Waals surface area contributed by atoms with Crippen LogP contribution >= 0.6 is 22.6 Å². The maximum absolute atomic E-state index is 8.07. The molecule has 0 fully saturated rings. The third kappa shape index (κ3) is 4.48. The number of halogens is 1. The number of benzene rings is 1. The molecule has 1 aromatic carbocycles. The molecule has 1 rings (SSSR count). The van der Waals surface area contributed by atoms with E-state index in [4.69, 9.17) is 5.53 Å².